The van der Waals surface area contributed by atoms with Crippen molar-refractivity contribution >= 4 is 39.5 Å². The maximum atomic E-state index is 13.0. The second-order valence-electron chi connectivity index (χ2n) is 25.6. The molecule has 0 aliphatic rings. The molecule has 0 bridgehead atoms. The van der Waals surface area contributed by atoms with Gasteiger partial charge in [-0.1, -0.05) is 298 Å². The Labute approximate surface area is 537 Å². The SMILES string of the molecule is CCCCCCCCCCCCCCCC(=O)OC[C@H](COP(=O)(O)OC[C@@H](O)COP(=O)(O)OC[C@@H](COC(=O)CCCCCCCCC(C)CC)OC(=O)CCCCCCCCCCCCC)OC(=O)CCCCCCCCCCCCCC(C)C. The number of carbonyl (C=O) groups excluding carboxylic acids is 4. The van der Waals surface area contributed by atoms with Gasteiger partial charge in [0, 0.05) is 25.7 Å². The minimum absolute atomic E-state index is 0.106. The summed E-state index contributed by atoms with van der Waals surface area (Å²) in [5.74, 6) is -0.628. The highest BCUT2D eigenvalue weighted by molar-refractivity contribution is 7.47. The van der Waals surface area contributed by atoms with Gasteiger partial charge in [-0.3, -0.25) is 37.3 Å². The van der Waals surface area contributed by atoms with Gasteiger partial charge in [0.1, 0.15) is 19.3 Å². The molecule has 522 valence electrons. The molecule has 0 aromatic heterocycles. The van der Waals surface area contributed by atoms with Gasteiger partial charge in [-0.2, -0.15) is 0 Å². The molecule has 0 saturated carbocycles. The van der Waals surface area contributed by atoms with E-state index >= 15 is 0 Å². The lowest BCUT2D eigenvalue weighted by molar-refractivity contribution is -0.161. The fraction of sp³-hybridized carbons (Fsp3) is 0.942. The van der Waals surface area contributed by atoms with E-state index in [2.05, 4.69) is 41.5 Å². The number of rotatable bonds is 68. The maximum absolute atomic E-state index is 13.0. The second kappa shape index (κ2) is 61.3. The van der Waals surface area contributed by atoms with Crippen LogP contribution in [0.15, 0.2) is 0 Å². The normalized spacial score (nSPS) is 14.5. The van der Waals surface area contributed by atoms with E-state index in [1.54, 1.807) is 0 Å². The molecule has 0 saturated heterocycles. The van der Waals surface area contributed by atoms with E-state index in [0.29, 0.717) is 25.7 Å². The van der Waals surface area contributed by atoms with Crippen molar-refractivity contribution in [3.8, 4) is 0 Å². The molecule has 0 spiro atoms. The first kappa shape index (κ1) is 86.1. The number of phosphoric acid groups is 2. The Bertz CT molecular complexity index is 1720. The zero-order valence-electron chi connectivity index (χ0n) is 57.0. The molecule has 0 aliphatic heterocycles. The Kier molecular flexibility index (Phi) is 59.9. The number of carbonyl (C=O) groups is 4. The van der Waals surface area contributed by atoms with Crippen LogP contribution in [0.5, 0.6) is 0 Å². The minimum Gasteiger partial charge on any atom is -0.462 e. The van der Waals surface area contributed by atoms with Crippen molar-refractivity contribution in [3.63, 3.8) is 0 Å². The van der Waals surface area contributed by atoms with Gasteiger partial charge in [-0.25, -0.2) is 9.13 Å². The summed E-state index contributed by atoms with van der Waals surface area (Å²) in [7, 11) is -9.90. The monoisotopic (exact) mass is 1300 g/mol. The number of esters is 4. The molecule has 0 amide bonds. The minimum atomic E-state index is -4.95. The molecular formula is C69H134O17P2. The average molecular weight is 1300 g/mol. The molecule has 0 aromatic rings. The Morgan fingerprint density at radius 3 is 0.864 bits per heavy atom. The number of ether oxygens (including phenoxy) is 4. The van der Waals surface area contributed by atoms with E-state index in [0.717, 1.165) is 108 Å². The molecule has 0 rings (SSSR count). The van der Waals surface area contributed by atoms with Crippen molar-refractivity contribution < 1.29 is 80.2 Å². The highest BCUT2D eigenvalue weighted by Crippen LogP contribution is 2.45. The first-order chi connectivity index (χ1) is 42.4. The van der Waals surface area contributed by atoms with Gasteiger partial charge in [0.25, 0.3) is 0 Å². The van der Waals surface area contributed by atoms with E-state index in [9.17, 15) is 43.2 Å². The lowest BCUT2D eigenvalue weighted by Gasteiger charge is -2.21. The third-order valence-corrected chi connectivity index (χ3v) is 18.2. The van der Waals surface area contributed by atoms with Crippen molar-refractivity contribution in [2.75, 3.05) is 39.6 Å². The lowest BCUT2D eigenvalue weighted by atomic mass is 10.00. The summed E-state index contributed by atoms with van der Waals surface area (Å²) >= 11 is 0. The van der Waals surface area contributed by atoms with E-state index < -0.39 is 97.5 Å². The molecule has 0 radical (unpaired) electrons. The van der Waals surface area contributed by atoms with Crippen molar-refractivity contribution in [1.82, 2.24) is 0 Å². The topological polar surface area (TPSA) is 237 Å². The van der Waals surface area contributed by atoms with Gasteiger partial charge < -0.3 is 33.8 Å². The van der Waals surface area contributed by atoms with Crippen molar-refractivity contribution in [1.29, 1.82) is 0 Å². The summed E-state index contributed by atoms with van der Waals surface area (Å²) in [5, 5.41) is 10.6. The van der Waals surface area contributed by atoms with Crippen LogP contribution >= 0.6 is 15.6 Å². The van der Waals surface area contributed by atoms with Crippen molar-refractivity contribution in [3.05, 3.63) is 0 Å². The average Bonchev–Trinajstić information content (AvgIpc) is 3.61. The summed E-state index contributed by atoms with van der Waals surface area (Å²) in [5.41, 5.74) is 0. The number of aliphatic hydroxyl groups is 1. The molecule has 19 heteroatoms. The predicted molar refractivity (Wildman–Crippen MR) is 354 cm³/mol. The maximum Gasteiger partial charge on any atom is 0.472 e. The summed E-state index contributed by atoms with van der Waals surface area (Å²) < 4.78 is 68.2. The van der Waals surface area contributed by atoms with Crippen LogP contribution in [-0.4, -0.2) is 96.7 Å². The van der Waals surface area contributed by atoms with Gasteiger partial charge >= 0.3 is 39.5 Å². The highest BCUT2D eigenvalue weighted by Gasteiger charge is 2.30. The number of hydrogen-bond acceptors (Lipinski definition) is 15. The number of aliphatic hydroxyl groups excluding tert-OH is 1. The van der Waals surface area contributed by atoms with Crippen LogP contribution in [0.25, 0.3) is 0 Å². The molecule has 17 nitrogen and oxygen atoms in total. The summed E-state index contributed by atoms with van der Waals surface area (Å²) in [4.78, 5) is 72.5. The molecular weight excluding hydrogens is 1160 g/mol. The van der Waals surface area contributed by atoms with E-state index in [-0.39, 0.29) is 25.7 Å². The van der Waals surface area contributed by atoms with Crippen LogP contribution in [0.4, 0.5) is 0 Å². The van der Waals surface area contributed by atoms with Crippen molar-refractivity contribution in [2.45, 2.75) is 368 Å². The molecule has 3 unspecified atom stereocenters. The van der Waals surface area contributed by atoms with Crippen LogP contribution in [0.3, 0.4) is 0 Å². The zero-order chi connectivity index (χ0) is 65.0. The van der Waals surface area contributed by atoms with Gasteiger partial charge in [0.2, 0.25) is 0 Å². The molecule has 0 fully saturated rings. The molecule has 0 aromatic carbocycles. The third-order valence-electron chi connectivity index (χ3n) is 16.3. The van der Waals surface area contributed by atoms with Crippen LogP contribution in [0.2, 0.25) is 0 Å². The van der Waals surface area contributed by atoms with Gasteiger partial charge in [0.05, 0.1) is 26.4 Å². The van der Waals surface area contributed by atoms with Gasteiger partial charge in [0.15, 0.2) is 12.2 Å². The lowest BCUT2D eigenvalue weighted by Crippen LogP contribution is -2.30. The zero-order valence-corrected chi connectivity index (χ0v) is 58.8. The Hall–Kier alpha value is -1.94. The van der Waals surface area contributed by atoms with Gasteiger partial charge in [-0.15, -0.1) is 0 Å². The number of unbranched alkanes of at least 4 members (excludes halogenated alkanes) is 37. The second-order valence-corrected chi connectivity index (χ2v) is 28.5. The number of hydrogen-bond donors (Lipinski definition) is 3. The van der Waals surface area contributed by atoms with E-state index in [1.807, 2.05) is 0 Å². The molecule has 6 atom stereocenters. The van der Waals surface area contributed by atoms with Gasteiger partial charge in [-0.05, 0) is 37.5 Å². The fourth-order valence-corrected chi connectivity index (χ4v) is 12.0. The van der Waals surface area contributed by atoms with Crippen LogP contribution < -0.4 is 0 Å². The Morgan fingerprint density at radius 2 is 0.580 bits per heavy atom. The number of phosphoric ester groups is 2. The molecule has 0 aliphatic carbocycles. The first-order valence-electron chi connectivity index (χ1n) is 36.0. The quantitative estimate of drug-likeness (QED) is 0.0222. The largest absolute Gasteiger partial charge is 0.472 e. The van der Waals surface area contributed by atoms with Crippen LogP contribution in [0, 0.1) is 11.8 Å². The highest BCUT2D eigenvalue weighted by atomic mass is 31.2. The fourth-order valence-electron chi connectivity index (χ4n) is 10.4. The summed E-state index contributed by atoms with van der Waals surface area (Å²) in [6, 6.07) is 0. The summed E-state index contributed by atoms with van der Waals surface area (Å²) in [6.45, 7) is 9.50. The van der Waals surface area contributed by atoms with Crippen molar-refractivity contribution in [2.24, 2.45) is 11.8 Å². The van der Waals surface area contributed by atoms with E-state index in [4.69, 9.17) is 37.0 Å². The van der Waals surface area contributed by atoms with Crippen LogP contribution in [-0.2, 0) is 65.4 Å². The Morgan fingerprint density at radius 1 is 0.330 bits per heavy atom. The smallest absolute Gasteiger partial charge is 0.462 e. The van der Waals surface area contributed by atoms with Crippen LogP contribution in [0.1, 0.15) is 350 Å². The molecule has 0 heterocycles. The standard InChI is InChI=1S/C69H134O17P2/c1-7-10-12-14-16-18-20-21-25-28-32-39-45-51-66(71)79-57-64(85-69(74)54-48-42-34-30-26-22-24-27-31-37-43-49-61(4)5)59-83-87(75,76)81-55-63(70)56-82-88(77,78)84-60-65(58-80-67(72)52-46-40-36-35-38-44-50-62(6)9-3)86-68(73)53-47-41-33-29-23-19-17-15-13-11-8-2/h61-65,70H,7-60H2,1-6H3,(H,75,76)(H,77,78)/t62?,63-,64-,65-/m1/s1. The molecule has 88 heavy (non-hydrogen) atoms. The predicted octanol–water partition coefficient (Wildman–Crippen LogP) is 19.6. The molecule has 3 N–H and O–H groups in total. The summed E-state index contributed by atoms with van der Waals surface area (Å²) in [6.07, 6.45) is 45.7. The Balaban J connectivity index is 5.25. The first-order valence-corrected chi connectivity index (χ1v) is 39.0. The van der Waals surface area contributed by atoms with E-state index in [1.165, 1.54) is 161 Å². The third kappa shape index (κ3) is 61.6.